The van der Waals surface area contributed by atoms with Gasteiger partial charge in [0.15, 0.2) is 0 Å². The van der Waals surface area contributed by atoms with Crippen molar-refractivity contribution >= 4 is 35.5 Å². The number of hydrogen-bond acceptors (Lipinski definition) is 8. The lowest BCUT2D eigenvalue weighted by molar-refractivity contribution is -0.147. The first-order valence-corrected chi connectivity index (χ1v) is 14.1. The van der Waals surface area contributed by atoms with Gasteiger partial charge in [-0.2, -0.15) is 0 Å². The first-order chi connectivity index (χ1) is 17.8. The normalized spacial score (nSPS) is 22.8. The molecule has 3 amide bonds. The molecular weight excluding hydrogens is 512 g/mol. The molecule has 3 unspecified atom stereocenters. The fraction of sp³-hybridized carbons (Fsp3) is 0.731. The Balaban J connectivity index is 1.68. The number of primary amides is 1. The lowest BCUT2D eigenvalue weighted by atomic mass is 9.66. The molecule has 0 radical (unpaired) electrons. The highest BCUT2D eigenvalue weighted by molar-refractivity contribution is 8.00. The minimum Gasteiger partial charge on any atom is -0.479 e. The summed E-state index contributed by atoms with van der Waals surface area (Å²) in [5.41, 5.74) is 3.82. The molecule has 1 aromatic heterocycles. The summed E-state index contributed by atoms with van der Waals surface area (Å²) < 4.78 is 11.2. The first-order valence-electron chi connectivity index (χ1n) is 13.2. The molecule has 212 valence electrons. The Kier molecular flexibility index (Phi) is 9.72. The van der Waals surface area contributed by atoms with Crippen LogP contribution in [-0.2, 0) is 14.4 Å². The standard InChI is InChI=1S/C26H40N4O7S/c1-13(2)38-20-19(22(32)28-14(3)17-10-15-7-6-8-16(9-15)11-17)37-30-23(20)36-12-26(4,5)25(35)29-18(21(27)31)24(33)34/h13-18H,6-12H2,1-5H3,(H2,27,31)(H,28,32)(H,29,35)(H,33,34)/t14?,15?,16?,17?,18-/m0/s1. The van der Waals surface area contributed by atoms with E-state index in [0.717, 1.165) is 24.7 Å². The minimum absolute atomic E-state index is 0.00710. The number of ether oxygens (including phenoxy) is 1. The zero-order chi connectivity index (χ0) is 28.2. The fourth-order valence-corrected chi connectivity index (χ4v) is 6.23. The third-order valence-corrected chi connectivity index (χ3v) is 8.47. The molecule has 2 saturated carbocycles. The molecule has 0 aliphatic heterocycles. The molecule has 0 aromatic carbocycles. The van der Waals surface area contributed by atoms with Crippen LogP contribution in [0.5, 0.6) is 5.88 Å². The van der Waals surface area contributed by atoms with Crippen molar-refractivity contribution in [1.82, 2.24) is 15.8 Å². The van der Waals surface area contributed by atoms with Crippen molar-refractivity contribution in [2.75, 3.05) is 6.61 Å². The lowest BCUT2D eigenvalue weighted by Crippen LogP contribution is -2.54. The Bertz CT molecular complexity index is 1010. The number of nitrogens with zero attached hydrogens (tertiary/aromatic N) is 1. The SMILES string of the molecule is CC(C)Sc1c(OCC(C)(C)C(=O)N[C@@H](C(N)=O)C(=O)O)noc1C(=O)NC(C)C1CC2CCCC(C2)C1. The molecule has 5 N–H and O–H groups in total. The summed E-state index contributed by atoms with van der Waals surface area (Å²) in [6, 6.07) is -1.87. The Morgan fingerprint density at radius 1 is 1.13 bits per heavy atom. The number of aromatic nitrogens is 1. The van der Waals surface area contributed by atoms with Crippen molar-refractivity contribution in [1.29, 1.82) is 0 Å². The maximum absolute atomic E-state index is 13.2. The number of fused-ring (bicyclic) bond motifs is 2. The van der Waals surface area contributed by atoms with Gasteiger partial charge in [0.05, 0.1) is 5.41 Å². The summed E-state index contributed by atoms with van der Waals surface area (Å²) in [6.07, 6.45) is 7.43. The summed E-state index contributed by atoms with van der Waals surface area (Å²) >= 11 is 1.36. The third-order valence-electron chi connectivity index (χ3n) is 7.40. The highest BCUT2D eigenvalue weighted by Crippen LogP contribution is 2.43. The number of carbonyl (C=O) groups excluding carboxylic acids is 3. The largest absolute Gasteiger partial charge is 0.479 e. The number of nitrogens with two attached hydrogens (primary N) is 1. The topological polar surface area (TPSA) is 174 Å². The van der Waals surface area contributed by atoms with E-state index >= 15 is 0 Å². The van der Waals surface area contributed by atoms with E-state index in [1.807, 2.05) is 20.8 Å². The van der Waals surface area contributed by atoms with Crippen molar-refractivity contribution in [2.24, 2.45) is 28.9 Å². The highest BCUT2D eigenvalue weighted by atomic mass is 32.2. The van der Waals surface area contributed by atoms with Crippen LogP contribution in [-0.4, -0.2) is 57.9 Å². The van der Waals surface area contributed by atoms with Gasteiger partial charge in [-0.15, -0.1) is 11.8 Å². The monoisotopic (exact) mass is 552 g/mol. The molecule has 4 atom stereocenters. The predicted molar refractivity (Wildman–Crippen MR) is 141 cm³/mol. The maximum atomic E-state index is 13.2. The number of carboxylic acids is 1. The van der Waals surface area contributed by atoms with Crippen LogP contribution in [0, 0.1) is 23.2 Å². The van der Waals surface area contributed by atoms with Crippen LogP contribution in [0.25, 0.3) is 0 Å². The second-order valence-electron chi connectivity index (χ2n) is 11.5. The number of amides is 3. The van der Waals surface area contributed by atoms with Crippen molar-refractivity contribution in [3.05, 3.63) is 5.76 Å². The van der Waals surface area contributed by atoms with Gasteiger partial charge in [-0.05, 0) is 62.9 Å². The molecule has 38 heavy (non-hydrogen) atoms. The van der Waals surface area contributed by atoms with Crippen LogP contribution in [0.4, 0.5) is 0 Å². The van der Waals surface area contributed by atoms with Crippen LogP contribution in [0.1, 0.15) is 83.7 Å². The van der Waals surface area contributed by atoms with Crippen molar-refractivity contribution in [2.45, 2.75) is 95.4 Å². The Hall–Kier alpha value is -2.76. The summed E-state index contributed by atoms with van der Waals surface area (Å²) in [5.74, 6) is -1.79. The number of nitrogens with one attached hydrogen (secondary N) is 2. The van der Waals surface area contributed by atoms with Crippen LogP contribution in [0.2, 0.25) is 0 Å². The van der Waals surface area contributed by atoms with E-state index in [0.29, 0.717) is 10.8 Å². The molecule has 2 aliphatic carbocycles. The fourth-order valence-electron chi connectivity index (χ4n) is 5.32. The number of hydrogen-bond donors (Lipinski definition) is 4. The highest BCUT2D eigenvalue weighted by Gasteiger charge is 2.37. The van der Waals surface area contributed by atoms with Gasteiger partial charge in [0.1, 0.15) is 11.5 Å². The zero-order valence-corrected chi connectivity index (χ0v) is 23.6. The van der Waals surface area contributed by atoms with E-state index in [1.165, 1.54) is 51.3 Å². The molecular formula is C26H40N4O7S. The minimum atomic E-state index is -1.86. The average Bonchev–Trinajstić information content (AvgIpc) is 3.22. The van der Waals surface area contributed by atoms with Gasteiger partial charge in [-0.1, -0.05) is 33.1 Å². The van der Waals surface area contributed by atoms with Crippen LogP contribution < -0.4 is 21.1 Å². The van der Waals surface area contributed by atoms with E-state index < -0.39 is 29.2 Å². The molecule has 2 aliphatic rings. The van der Waals surface area contributed by atoms with Crippen LogP contribution in [0.3, 0.4) is 0 Å². The molecule has 12 heteroatoms. The van der Waals surface area contributed by atoms with Gasteiger partial charge in [0, 0.05) is 11.3 Å². The van der Waals surface area contributed by atoms with Gasteiger partial charge in [-0.25, -0.2) is 4.79 Å². The van der Waals surface area contributed by atoms with Gasteiger partial charge in [0.2, 0.25) is 17.7 Å². The molecule has 0 saturated heterocycles. The van der Waals surface area contributed by atoms with Gasteiger partial charge < -0.3 is 30.7 Å². The second kappa shape index (κ2) is 12.4. The van der Waals surface area contributed by atoms with E-state index in [4.69, 9.17) is 20.1 Å². The van der Waals surface area contributed by atoms with Crippen LogP contribution >= 0.6 is 11.8 Å². The summed E-state index contributed by atoms with van der Waals surface area (Å²) in [7, 11) is 0. The first kappa shape index (κ1) is 29.8. The molecule has 0 spiro atoms. The summed E-state index contributed by atoms with van der Waals surface area (Å²) in [5, 5.41) is 18.4. The van der Waals surface area contributed by atoms with Crippen molar-refractivity contribution in [3.8, 4) is 5.88 Å². The van der Waals surface area contributed by atoms with Crippen molar-refractivity contribution in [3.63, 3.8) is 0 Å². The second-order valence-corrected chi connectivity index (χ2v) is 13.1. The van der Waals surface area contributed by atoms with E-state index in [1.54, 1.807) is 0 Å². The van der Waals surface area contributed by atoms with Gasteiger partial charge in [-0.3, -0.25) is 14.4 Å². The lowest BCUT2D eigenvalue weighted by Gasteiger charge is -2.41. The third kappa shape index (κ3) is 7.42. The van der Waals surface area contributed by atoms with E-state index in [2.05, 4.69) is 15.8 Å². The van der Waals surface area contributed by atoms with E-state index in [-0.39, 0.29) is 35.4 Å². The maximum Gasteiger partial charge on any atom is 0.336 e. The summed E-state index contributed by atoms with van der Waals surface area (Å²) in [4.78, 5) is 48.9. The Morgan fingerprint density at radius 3 is 2.32 bits per heavy atom. The zero-order valence-electron chi connectivity index (χ0n) is 22.7. The molecule has 1 aromatic rings. The summed E-state index contributed by atoms with van der Waals surface area (Å²) in [6.45, 7) is 8.78. The smallest absolute Gasteiger partial charge is 0.336 e. The molecule has 2 bridgehead atoms. The number of aliphatic carboxylic acids is 1. The predicted octanol–water partition coefficient (Wildman–Crippen LogP) is 2.97. The quantitative estimate of drug-likeness (QED) is 0.224. The average molecular weight is 553 g/mol. The number of carboxylic acid groups (broad SMARTS) is 1. The van der Waals surface area contributed by atoms with Crippen molar-refractivity contribution < 1.29 is 33.5 Å². The number of thioether (sulfide) groups is 1. The number of rotatable bonds is 12. The Morgan fingerprint density at radius 2 is 1.76 bits per heavy atom. The van der Waals surface area contributed by atoms with Crippen LogP contribution in [0.15, 0.2) is 9.42 Å². The molecule has 11 nitrogen and oxygen atoms in total. The van der Waals surface area contributed by atoms with Gasteiger partial charge in [0.25, 0.3) is 17.7 Å². The molecule has 3 rings (SSSR count). The molecule has 2 fully saturated rings. The Labute approximate surface area is 227 Å². The van der Waals surface area contributed by atoms with E-state index in [9.17, 15) is 19.2 Å². The molecule has 1 heterocycles. The number of carbonyl (C=O) groups is 4. The van der Waals surface area contributed by atoms with Gasteiger partial charge >= 0.3 is 5.97 Å².